The first-order chi connectivity index (χ1) is 14.2. The highest BCUT2D eigenvalue weighted by Gasteiger charge is 2.33. The molecule has 0 radical (unpaired) electrons. The molecule has 0 spiro atoms. The van der Waals surface area contributed by atoms with Crippen LogP contribution in [0.5, 0.6) is 0 Å². The Labute approximate surface area is 175 Å². The van der Waals surface area contributed by atoms with Crippen molar-refractivity contribution in [1.82, 2.24) is 4.98 Å². The predicted octanol–water partition coefficient (Wildman–Crippen LogP) is 4.21. The number of rotatable bonds is 5. The molecular formula is C19H18ClF3N4O3. The van der Waals surface area contributed by atoms with E-state index < -0.39 is 24.4 Å². The highest BCUT2D eigenvalue weighted by Crippen LogP contribution is 2.33. The van der Waals surface area contributed by atoms with Crippen LogP contribution in [0, 0.1) is 5.41 Å². The molecule has 1 aromatic heterocycles. The van der Waals surface area contributed by atoms with E-state index in [1.807, 2.05) is 0 Å². The molecular weight excluding hydrogens is 425 g/mol. The van der Waals surface area contributed by atoms with Crippen LogP contribution in [0.2, 0.25) is 5.02 Å². The standard InChI is InChI=1S/C19H18ClF3N4O3/c20-13-1-3-14(4-2-13)26-18(28)30-11-15(24)17-16(27-5-7-29-8-6-27)9-12(10-25-17)19(21,22)23/h1-4,9-10,24H,5-8,11H2,(H,26,28). The molecule has 0 atom stereocenters. The molecule has 0 unspecified atom stereocenters. The number of carbonyl (C=O) groups is 1. The second-order valence-electron chi connectivity index (χ2n) is 6.38. The van der Waals surface area contributed by atoms with Gasteiger partial charge in [-0.25, -0.2) is 4.79 Å². The molecule has 0 bridgehead atoms. The number of carbonyl (C=O) groups excluding carboxylic acids is 1. The fraction of sp³-hybridized carbons (Fsp3) is 0.316. The van der Waals surface area contributed by atoms with Gasteiger partial charge in [-0.15, -0.1) is 0 Å². The third-order valence-electron chi connectivity index (χ3n) is 4.27. The van der Waals surface area contributed by atoms with Crippen molar-refractivity contribution in [3.05, 3.63) is 52.8 Å². The number of pyridine rings is 1. The molecule has 1 amide bonds. The Hall–Kier alpha value is -2.85. The number of halogens is 4. The Morgan fingerprint density at radius 2 is 1.93 bits per heavy atom. The van der Waals surface area contributed by atoms with Crippen molar-refractivity contribution in [2.45, 2.75) is 6.18 Å². The van der Waals surface area contributed by atoms with Gasteiger partial charge in [-0.05, 0) is 30.3 Å². The Morgan fingerprint density at radius 1 is 1.27 bits per heavy atom. The second kappa shape index (κ2) is 9.31. The summed E-state index contributed by atoms with van der Waals surface area (Å²) in [7, 11) is 0. The number of amides is 1. The third-order valence-corrected chi connectivity index (χ3v) is 4.52. The van der Waals surface area contributed by atoms with Crippen LogP contribution in [0.15, 0.2) is 36.5 Å². The van der Waals surface area contributed by atoms with E-state index >= 15 is 0 Å². The molecule has 1 aliphatic heterocycles. The Morgan fingerprint density at radius 3 is 2.57 bits per heavy atom. The molecule has 2 N–H and O–H groups in total. The van der Waals surface area contributed by atoms with Gasteiger partial charge in [0, 0.05) is 30.0 Å². The van der Waals surface area contributed by atoms with Gasteiger partial charge in [0.2, 0.25) is 0 Å². The number of hydrogen-bond donors (Lipinski definition) is 2. The maximum absolute atomic E-state index is 13.1. The number of aromatic nitrogens is 1. The Bertz CT molecular complexity index is 916. The van der Waals surface area contributed by atoms with Crippen LogP contribution in [0.1, 0.15) is 11.3 Å². The fourth-order valence-electron chi connectivity index (χ4n) is 2.78. The number of anilines is 2. The van der Waals surface area contributed by atoms with Gasteiger partial charge in [-0.3, -0.25) is 15.7 Å². The first-order valence-corrected chi connectivity index (χ1v) is 9.29. The fourth-order valence-corrected chi connectivity index (χ4v) is 2.91. The lowest BCUT2D eigenvalue weighted by atomic mass is 10.1. The summed E-state index contributed by atoms with van der Waals surface area (Å²) in [6.07, 6.45) is -4.72. The second-order valence-corrected chi connectivity index (χ2v) is 6.81. The maximum atomic E-state index is 13.1. The van der Waals surface area contributed by atoms with Crippen LogP contribution in [-0.4, -0.2) is 49.7 Å². The molecule has 1 aromatic carbocycles. The number of nitrogens with zero attached hydrogens (tertiary/aromatic N) is 2. The largest absolute Gasteiger partial charge is 0.443 e. The number of nitrogens with one attached hydrogen (secondary N) is 2. The van der Waals surface area contributed by atoms with Gasteiger partial charge in [-0.1, -0.05) is 11.6 Å². The molecule has 1 aliphatic rings. The van der Waals surface area contributed by atoms with Gasteiger partial charge in [0.25, 0.3) is 0 Å². The summed E-state index contributed by atoms with van der Waals surface area (Å²) < 4.78 is 49.7. The summed E-state index contributed by atoms with van der Waals surface area (Å²) in [6.45, 7) is 0.962. The lowest BCUT2D eigenvalue weighted by Crippen LogP contribution is -2.37. The molecule has 3 rings (SSSR count). The van der Waals surface area contributed by atoms with E-state index in [-0.39, 0.29) is 17.1 Å². The summed E-state index contributed by atoms with van der Waals surface area (Å²) in [5, 5.41) is 11.2. The van der Waals surface area contributed by atoms with E-state index in [0.29, 0.717) is 43.2 Å². The molecule has 160 valence electrons. The van der Waals surface area contributed by atoms with Crippen molar-refractivity contribution in [3.8, 4) is 0 Å². The topological polar surface area (TPSA) is 87.5 Å². The average molecular weight is 443 g/mol. The molecule has 11 heteroatoms. The van der Waals surface area contributed by atoms with Gasteiger partial charge in [0.1, 0.15) is 12.3 Å². The van der Waals surface area contributed by atoms with Crippen molar-refractivity contribution in [3.63, 3.8) is 0 Å². The number of alkyl halides is 3. The minimum absolute atomic E-state index is 0.0178. The van der Waals surface area contributed by atoms with E-state index in [0.717, 1.165) is 6.07 Å². The summed E-state index contributed by atoms with van der Waals surface area (Å²) >= 11 is 5.78. The van der Waals surface area contributed by atoms with Gasteiger partial charge in [0.15, 0.2) is 0 Å². The van der Waals surface area contributed by atoms with E-state index in [2.05, 4.69) is 10.3 Å². The monoisotopic (exact) mass is 442 g/mol. The first kappa shape index (κ1) is 21.8. The van der Waals surface area contributed by atoms with Crippen LogP contribution < -0.4 is 10.2 Å². The number of morpholine rings is 1. The number of benzene rings is 1. The lowest BCUT2D eigenvalue weighted by molar-refractivity contribution is -0.137. The molecule has 0 aliphatic carbocycles. The quantitative estimate of drug-likeness (QED) is 0.677. The zero-order valence-corrected chi connectivity index (χ0v) is 16.4. The molecule has 0 saturated carbocycles. The van der Waals surface area contributed by atoms with Crippen LogP contribution in [0.4, 0.5) is 29.3 Å². The van der Waals surface area contributed by atoms with Crippen LogP contribution in [-0.2, 0) is 15.7 Å². The molecule has 30 heavy (non-hydrogen) atoms. The third kappa shape index (κ3) is 5.61. The van der Waals surface area contributed by atoms with Gasteiger partial charge in [0.05, 0.1) is 30.2 Å². The number of hydrogen-bond acceptors (Lipinski definition) is 6. The van der Waals surface area contributed by atoms with E-state index in [1.54, 1.807) is 29.2 Å². The normalized spacial score (nSPS) is 14.3. The van der Waals surface area contributed by atoms with Crippen LogP contribution in [0.25, 0.3) is 0 Å². The van der Waals surface area contributed by atoms with Crippen molar-refractivity contribution in [2.75, 3.05) is 43.1 Å². The Kier molecular flexibility index (Phi) is 6.78. The predicted molar refractivity (Wildman–Crippen MR) is 106 cm³/mol. The molecule has 2 heterocycles. The zero-order valence-electron chi connectivity index (χ0n) is 15.6. The van der Waals surface area contributed by atoms with Gasteiger partial charge >= 0.3 is 12.3 Å². The van der Waals surface area contributed by atoms with Crippen LogP contribution >= 0.6 is 11.6 Å². The summed E-state index contributed by atoms with van der Waals surface area (Å²) in [5.74, 6) is 0. The first-order valence-electron chi connectivity index (χ1n) is 8.91. The molecule has 2 aromatic rings. The summed E-state index contributed by atoms with van der Waals surface area (Å²) in [6, 6.07) is 7.27. The van der Waals surface area contributed by atoms with Crippen molar-refractivity contribution >= 4 is 34.8 Å². The van der Waals surface area contributed by atoms with Gasteiger partial charge in [-0.2, -0.15) is 13.2 Å². The smallest absolute Gasteiger partial charge is 0.417 e. The van der Waals surface area contributed by atoms with Crippen molar-refractivity contribution in [2.24, 2.45) is 0 Å². The highest BCUT2D eigenvalue weighted by atomic mass is 35.5. The maximum Gasteiger partial charge on any atom is 0.417 e. The summed E-state index contributed by atoms with van der Waals surface area (Å²) in [5.41, 5.74) is -0.528. The highest BCUT2D eigenvalue weighted by molar-refractivity contribution is 6.30. The summed E-state index contributed by atoms with van der Waals surface area (Å²) in [4.78, 5) is 17.5. The Balaban J connectivity index is 1.72. The molecule has 7 nitrogen and oxygen atoms in total. The SMILES string of the molecule is N=C(COC(=O)Nc1ccc(Cl)cc1)c1ncc(C(F)(F)F)cc1N1CCOCC1. The van der Waals surface area contributed by atoms with Crippen LogP contribution in [0.3, 0.4) is 0 Å². The van der Waals surface area contributed by atoms with Crippen molar-refractivity contribution < 1.29 is 27.4 Å². The van der Waals surface area contributed by atoms with E-state index in [1.165, 1.54) is 0 Å². The van der Waals surface area contributed by atoms with E-state index in [9.17, 15) is 18.0 Å². The molecule has 1 saturated heterocycles. The van der Waals surface area contributed by atoms with Crippen molar-refractivity contribution in [1.29, 1.82) is 5.41 Å². The average Bonchev–Trinajstić information content (AvgIpc) is 2.73. The zero-order chi connectivity index (χ0) is 21.7. The minimum atomic E-state index is -4.57. The number of ether oxygens (including phenoxy) is 2. The lowest BCUT2D eigenvalue weighted by Gasteiger charge is -2.30. The van der Waals surface area contributed by atoms with Gasteiger partial charge < -0.3 is 14.4 Å². The van der Waals surface area contributed by atoms with E-state index in [4.69, 9.17) is 26.5 Å². The minimum Gasteiger partial charge on any atom is -0.443 e. The molecule has 1 fully saturated rings.